The monoisotopic (exact) mass is 494 g/mol. The van der Waals surface area contributed by atoms with E-state index < -0.39 is 0 Å². The molecule has 25 heavy (non-hydrogen) atoms. The van der Waals surface area contributed by atoms with E-state index in [1.165, 1.54) is 0 Å². The van der Waals surface area contributed by atoms with Crippen LogP contribution < -0.4 is 15.4 Å². The lowest BCUT2D eigenvalue weighted by atomic mass is 10.3. The zero-order chi connectivity index (χ0) is 17.2. The van der Waals surface area contributed by atoms with Crippen molar-refractivity contribution in [1.82, 2.24) is 15.6 Å². The quantitative estimate of drug-likeness (QED) is 0.263. The fraction of sp³-hybridized carbons (Fsp3) is 0.294. The van der Waals surface area contributed by atoms with Crippen molar-refractivity contribution in [2.24, 2.45) is 4.99 Å². The van der Waals surface area contributed by atoms with Gasteiger partial charge in [-0.25, -0.2) is 0 Å². The summed E-state index contributed by atoms with van der Waals surface area (Å²) < 4.78 is 5.64. The third kappa shape index (κ3) is 8.11. The third-order valence-electron chi connectivity index (χ3n) is 3.15. The van der Waals surface area contributed by atoms with E-state index in [0.717, 1.165) is 24.6 Å². The summed E-state index contributed by atoms with van der Waals surface area (Å²) >= 11 is 11.9. The molecular formula is C17H21Cl2IN4O. The molecule has 5 nitrogen and oxygen atoms in total. The molecule has 1 heterocycles. The number of nitrogens with one attached hydrogen (secondary N) is 2. The Hall–Kier alpha value is -1.25. The molecule has 0 aliphatic heterocycles. The van der Waals surface area contributed by atoms with Crippen molar-refractivity contribution in [1.29, 1.82) is 0 Å². The van der Waals surface area contributed by atoms with Gasteiger partial charge in [0.05, 0.1) is 23.9 Å². The molecule has 136 valence electrons. The molecule has 0 amide bonds. The van der Waals surface area contributed by atoms with Gasteiger partial charge in [-0.2, -0.15) is 0 Å². The number of aliphatic imine (C=N–C) groups is 1. The molecule has 0 saturated carbocycles. The van der Waals surface area contributed by atoms with Crippen LogP contribution in [0.5, 0.6) is 5.75 Å². The van der Waals surface area contributed by atoms with Gasteiger partial charge in [0.25, 0.3) is 0 Å². The molecular weight excluding hydrogens is 474 g/mol. The van der Waals surface area contributed by atoms with Crippen LogP contribution in [0.4, 0.5) is 0 Å². The van der Waals surface area contributed by atoms with Crippen LogP contribution in [0, 0.1) is 0 Å². The van der Waals surface area contributed by atoms with Crippen LogP contribution in [0.1, 0.15) is 12.1 Å². The molecule has 0 spiro atoms. The Kier molecular flexibility index (Phi) is 10.6. The second kappa shape index (κ2) is 12.2. The second-order valence-electron chi connectivity index (χ2n) is 4.95. The number of rotatable bonds is 7. The van der Waals surface area contributed by atoms with Crippen LogP contribution in [0.25, 0.3) is 0 Å². The smallest absolute Gasteiger partial charge is 0.191 e. The SMILES string of the molecule is CN=C(NCCCOc1ccc(Cl)cc1Cl)NCc1ccccn1.I. The summed E-state index contributed by atoms with van der Waals surface area (Å²) in [5.41, 5.74) is 0.959. The van der Waals surface area contributed by atoms with E-state index in [2.05, 4.69) is 20.6 Å². The van der Waals surface area contributed by atoms with Gasteiger partial charge in [-0.05, 0) is 36.8 Å². The number of hydrogen-bond donors (Lipinski definition) is 2. The summed E-state index contributed by atoms with van der Waals surface area (Å²) in [7, 11) is 1.73. The molecule has 0 fully saturated rings. The minimum Gasteiger partial charge on any atom is -0.492 e. The Balaban J connectivity index is 0.00000312. The largest absolute Gasteiger partial charge is 0.492 e. The molecule has 1 aromatic heterocycles. The molecule has 0 atom stereocenters. The van der Waals surface area contributed by atoms with Crippen LogP contribution in [0.3, 0.4) is 0 Å². The standard InChI is InChI=1S/C17H20Cl2N4O.HI/c1-20-17(23-12-14-5-2-3-8-21-14)22-9-4-10-24-16-7-6-13(18)11-15(16)19;/h2-3,5-8,11H,4,9-10,12H2,1H3,(H2,20,22,23);1H. The maximum absolute atomic E-state index is 6.05. The number of pyridine rings is 1. The lowest BCUT2D eigenvalue weighted by molar-refractivity contribution is 0.311. The fourth-order valence-corrected chi connectivity index (χ4v) is 2.41. The zero-order valence-electron chi connectivity index (χ0n) is 13.8. The molecule has 8 heteroatoms. The van der Waals surface area contributed by atoms with Crippen LogP contribution >= 0.6 is 47.2 Å². The average Bonchev–Trinajstić information content (AvgIpc) is 2.60. The molecule has 0 unspecified atom stereocenters. The highest BCUT2D eigenvalue weighted by molar-refractivity contribution is 14.0. The van der Waals surface area contributed by atoms with Crippen molar-refractivity contribution in [3.63, 3.8) is 0 Å². The maximum Gasteiger partial charge on any atom is 0.191 e. The van der Waals surface area contributed by atoms with Crippen molar-refractivity contribution < 1.29 is 4.74 Å². The van der Waals surface area contributed by atoms with Gasteiger partial charge in [-0.3, -0.25) is 9.98 Å². The minimum atomic E-state index is 0. The van der Waals surface area contributed by atoms with Gasteiger partial charge in [-0.1, -0.05) is 29.3 Å². The highest BCUT2D eigenvalue weighted by Crippen LogP contribution is 2.27. The van der Waals surface area contributed by atoms with Crippen LogP contribution in [0.2, 0.25) is 10.0 Å². The number of benzene rings is 1. The molecule has 0 bridgehead atoms. The molecule has 2 N–H and O–H groups in total. The van der Waals surface area contributed by atoms with Gasteiger partial charge in [0.1, 0.15) is 5.75 Å². The first kappa shape index (κ1) is 21.8. The molecule has 1 aromatic carbocycles. The number of guanidine groups is 1. The maximum atomic E-state index is 6.05. The van der Waals surface area contributed by atoms with Gasteiger partial charge in [0.15, 0.2) is 5.96 Å². The number of ether oxygens (including phenoxy) is 1. The molecule has 0 radical (unpaired) electrons. The number of aromatic nitrogens is 1. The summed E-state index contributed by atoms with van der Waals surface area (Å²) in [5.74, 6) is 1.36. The van der Waals surface area contributed by atoms with Gasteiger partial charge >= 0.3 is 0 Å². The second-order valence-corrected chi connectivity index (χ2v) is 5.79. The Morgan fingerprint density at radius 3 is 2.72 bits per heavy atom. The Morgan fingerprint density at radius 1 is 1.20 bits per heavy atom. The number of hydrogen-bond acceptors (Lipinski definition) is 3. The number of halogens is 3. The number of nitrogens with zero attached hydrogens (tertiary/aromatic N) is 2. The summed E-state index contributed by atoms with van der Waals surface area (Å²) in [5, 5.41) is 7.55. The van der Waals surface area contributed by atoms with Gasteiger partial charge < -0.3 is 15.4 Å². The highest BCUT2D eigenvalue weighted by Gasteiger charge is 2.02. The van der Waals surface area contributed by atoms with Crippen molar-refractivity contribution in [3.05, 3.63) is 58.3 Å². The van der Waals surface area contributed by atoms with E-state index in [4.69, 9.17) is 27.9 Å². The van der Waals surface area contributed by atoms with E-state index >= 15 is 0 Å². The van der Waals surface area contributed by atoms with Crippen molar-refractivity contribution in [3.8, 4) is 5.75 Å². The minimum absolute atomic E-state index is 0. The van der Waals surface area contributed by atoms with Crippen molar-refractivity contribution >= 4 is 53.1 Å². The Morgan fingerprint density at radius 2 is 2.04 bits per heavy atom. The first-order chi connectivity index (χ1) is 11.7. The van der Waals surface area contributed by atoms with Gasteiger partial charge in [0.2, 0.25) is 0 Å². The van der Waals surface area contributed by atoms with E-state index in [1.807, 2.05) is 18.2 Å². The molecule has 2 aromatic rings. The molecule has 0 aliphatic rings. The Labute approximate surface area is 175 Å². The topological polar surface area (TPSA) is 58.5 Å². The normalized spacial score (nSPS) is 10.8. The summed E-state index contributed by atoms with van der Waals surface area (Å²) in [4.78, 5) is 8.43. The van der Waals surface area contributed by atoms with Crippen LogP contribution in [-0.2, 0) is 6.54 Å². The lowest BCUT2D eigenvalue weighted by Crippen LogP contribution is -2.37. The van der Waals surface area contributed by atoms with E-state index in [0.29, 0.717) is 28.9 Å². The van der Waals surface area contributed by atoms with Crippen LogP contribution in [0.15, 0.2) is 47.6 Å². The van der Waals surface area contributed by atoms with E-state index in [-0.39, 0.29) is 24.0 Å². The van der Waals surface area contributed by atoms with Crippen molar-refractivity contribution in [2.45, 2.75) is 13.0 Å². The van der Waals surface area contributed by atoms with E-state index in [1.54, 1.807) is 31.4 Å². The fourth-order valence-electron chi connectivity index (χ4n) is 1.95. The zero-order valence-corrected chi connectivity index (χ0v) is 17.7. The highest BCUT2D eigenvalue weighted by atomic mass is 127. The van der Waals surface area contributed by atoms with Gasteiger partial charge in [-0.15, -0.1) is 24.0 Å². The average molecular weight is 495 g/mol. The van der Waals surface area contributed by atoms with Crippen LogP contribution in [-0.4, -0.2) is 31.1 Å². The summed E-state index contributed by atoms with van der Waals surface area (Å²) in [6, 6.07) is 11.0. The first-order valence-electron chi connectivity index (χ1n) is 7.61. The lowest BCUT2D eigenvalue weighted by Gasteiger charge is -2.12. The molecule has 2 rings (SSSR count). The summed E-state index contributed by atoms with van der Waals surface area (Å²) in [6.07, 6.45) is 2.58. The predicted molar refractivity (Wildman–Crippen MR) is 114 cm³/mol. The van der Waals surface area contributed by atoms with E-state index in [9.17, 15) is 0 Å². The third-order valence-corrected chi connectivity index (χ3v) is 3.68. The Bertz CT molecular complexity index is 671. The molecule has 0 saturated heterocycles. The summed E-state index contributed by atoms with van der Waals surface area (Å²) in [6.45, 7) is 1.90. The van der Waals surface area contributed by atoms with Gasteiger partial charge in [0, 0.05) is 24.8 Å². The predicted octanol–water partition coefficient (Wildman–Crippen LogP) is 4.14. The molecule has 0 aliphatic carbocycles. The first-order valence-corrected chi connectivity index (χ1v) is 8.37. The van der Waals surface area contributed by atoms with Crippen molar-refractivity contribution in [2.75, 3.05) is 20.2 Å².